The van der Waals surface area contributed by atoms with Crippen molar-refractivity contribution in [1.29, 1.82) is 0 Å². The number of amides is 1. The molecule has 36 heavy (non-hydrogen) atoms. The van der Waals surface area contributed by atoms with Crippen LogP contribution in [0.25, 0.3) is 16.9 Å². The highest BCUT2D eigenvalue weighted by atomic mass is 19.1. The van der Waals surface area contributed by atoms with Gasteiger partial charge in [-0.2, -0.15) is 5.10 Å². The SMILES string of the molecule is Cc1c(C(=O)Nc2ccc(Oc3ccnc4[nH]c(=O)n(C(C)C)c34)c(F)c2)cnn1-c1cncnc1. The molecule has 11 nitrogen and oxygen atoms in total. The van der Waals surface area contributed by atoms with Gasteiger partial charge in [0.1, 0.15) is 17.5 Å². The van der Waals surface area contributed by atoms with E-state index < -0.39 is 11.7 Å². The molecule has 5 aromatic rings. The standard InChI is InChI=1S/C24H21FN8O3/c1-13(2)32-21-20(6-7-28-22(21)31-24(32)35)36-19-5-4-15(8-18(19)25)30-23(34)17-11-29-33(14(17)3)16-9-26-12-27-10-16/h4-13H,1-3H3,(H,30,34)(H,28,31,35). The minimum absolute atomic E-state index is 0.0717. The van der Waals surface area contributed by atoms with Crippen molar-refractivity contribution in [3.63, 3.8) is 0 Å². The molecule has 0 bridgehead atoms. The van der Waals surface area contributed by atoms with Gasteiger partial charge in [-0.3, -0.25) is 14.3 Å². The van der Waals surface area contributed by atoms with Crippen molar-refractivity contribution in [2.45, 2.75) is 26.8 Å². The number of carbonyl (C=O) groups excluding carboxylic acids is 1. The van der Waals surface area contributed by atoms with Crippen molar-refractivity contribution in [2.24, 2.45) is 0 Å². The van der Waals surface area contributed by atoms with Gasteiger partial charge in [-0.15, -0.1) is 0 Å². The Labute approximate surface area is 203 Å². The van der Waals surface area contributed by atoms with E-state index in [0.717, 1.165) is 6.07 Å². The molecule has 12 heteroatoms. The van der Waals surface area contributed by atoms with Crippen LogP contribution in [-0.2, 0) is 0 Å². The molecule has 0 unspecified atom stereocenters. The minimum atomic E-state index is -0.694. The lowest BCUT2D eigenvalue weighted by Crippen LogP contribution is -2.18. The van der Waals surface area contributed by atoms with Crippen molar-refractivity contribution in [3.05, 3.63) is 82.9 Å². The van der Waals surface area contributed by atoms with Crippen LogP contribution in [0.2, 0.25) is 0 Å². The van der Waals surface area contributed by atoms with E-state index >= 15 is 0 Å². The number of halogens is 1. The fourth-order valence-electron chi connectivity index (χ4n) is 3.87. The van der Waals surface area contributed by atoms with Gasteiger partial charge in [0, 0.05) is 30.1 Å². The van der Waals surface area contributed by atoms with Gasteiger partial charge in [-0.25, -0.2) is 28.8 Å². The van der Waals surface area contributed by atoms with E-state index in [1.807, 2.05) is 13.8 Å². The zero-order chi connectivity index (χ0) is 25.4. The molecule has 4 aromatic heterocycles. The minimum Gasteiger partial charge on any atom is -0.452 e. The van der Waals surface area contributed by atoms with Crippen LogP contribution >= 0.6 is 0 Å². The maximum absolute atomic E-state index is 15.0. The highest BCUT2D eigenvalue weighted by Gasteiger charge is 2.19. The van der Waals surface area contributed by atoms with Gasteiger partial charge in [0.2, 0.25) is 0 Å². The zero-order valence-electron chi connectivity index (χ0n) is 19.6. The van der Waals surface area contributed by atoms with E-state index in [1.165, 1.54) is 35.4 Å². The number of fused-ring (bicyclic) bond motifs is 1. The van der Waals surface area contributed by atoms with Crippen LogP contribution in [0, 0.1) is 12.7 Å². The van der Waals surface area contributed by atoms with Crippen molar-refractivity contribution in [3.8, 4) is 17.2 Å². The van der Waals surface area contributed by atoms with E-state index in [4.69, 9.17) is 4.74 Å². The number of nitrogens with one attached hydrogen (secondary N) is 2. The van der Waals surface area contributed by atoms with Gasteiger partial charge in [-0.1, -0.05) is 0 Å². The predicted molar refractivity (Wildman–Crippen MR) is 129 cm³/mol. The third kappa shape index (κ3) is 4.08. The Bertz CT molecular complexity index is 1640. The molecule has 0 fully saturated rings. The number of ether oxygens (including phenoxy) is 1. The first-order valence-electron chi connectivity index (χ1n) is 11.0. The Morgan fingerprint density at radius 3 is 2.64 bits per heavy atom. The number of carbonyl (C=O) groups is 1. The first kappa shape index (κ1) is 22.9. The van der Waals surface area contributed by atoms with Crippen LogP contribution in [0.5, 0.6) is 11.5 Å². The van der Waals surface area contributed by atoms with Crippen molar-refractivity contribution in [2.75, 3.05) is 5.32 Å². The fraction of sp³-hybridized carbons (Fsp3) is 0.167. The first-order chi connectivity index (χ1) is 17.3. The zero-order valence-corrected chi connectivity index (χ0v) is 19.6. The number of benzene rings is 1. The lowest BCUT2D eigenvalue weighted by molar-refractivity contribution is 0.102. The number of nitrogens with zero attached hydrogens (tertiary/aromatic N) is 6. The molecule has 4 heterocycles. The average molecular weight is 488 g/mol. The number of rotatable bonds is 6. The summed E-state index contributed by atoms with van der Waals surface area (Å²) in [7, 11) is 0. The molecule has 0 aliphatic rings. The molecule has 1 aromatic carbocycles. The number of pyridine rings is 1. The van der Waals surface area contributed by atoms with Gasteiger partial charge in [0.15, 0.2) is 23.0 Å². The van der Waals surface area contributed by atoms with Gasteiger partial charge in [0.25, 0.3) is 5.91 Å². The molecule has 0 aliphatic carbocycles. The Morgan fingerprint density at radius 1 is 1.14 bits per heavy atom. The Hall–Kier alpha value is -4.87. The second-order valence-electron chi connectivity index (χ2n) is 8.25. The summed E-state index contributed by atoms with van der Waals surface area (Å²) in [6, 6.07) is 5.47. The summed E-state index contributed by atoms with van der Waals surface area (Å²) in [6.45, 7) is 5.44. The summed E-state index contributed by atoms with van der Waals surface area (Å²) in [5.41, 5.74) is 2.18. The second kappa shape index (κ2) is 9.06. The molecule has 182 valence electrons. The Kier molecular flexibility index (Phi) is 5.76. The molecular weight excluding hydrogens is 467 g/mol. The lowest BCUT2D eigenvalue weighted by Gasteiger charge is -2.13. The number of hydrogen-bond acceptors (Lipinski definition) is 7. The highest BCUT2D eigenvalue weighted by Crippen LogP contribution is 2.31. The van der Waals surface area contributed by atoms with Crippen LogP contribution in [-0.4, -0.2) is 40.2 Å². The molecular formula is C24H21FN8O3. The summed E-state index contributed by atoms with van der Waals surface area (Å²) in [4.78, 5) is 39.9. The highest BCUT2D eigenvalue weighted by molar-refractivity contribution is 6.05. The van der Waals surface area contributed by atoms with E-state index in [1.54, 1.807) is 30.1 Å². The second-order valence-corrected chi connectivity index (χ2v) is 8.25. The Balaban J connectivity index is 1.38. The third-order valence-corrected chi connectivity index (χ3v) is 5.54. The molecule has 0 saturated carbocycles. The molecule has 0 spiro atoms. The summed E-state index contributed by atoms with van der Waals surface area (Å²) in [6.07, 6.45) is 7.44. The topological polar surface area (TPSA) is 133 Å². The number of hydrogen-bond donors (Lipinski definition) is 2. The van der Waals surface area contributed by atoms with Crippen molar-refractivity contribution in [1.82, 2.24) is 34.3 Å². The summed E-state index contributed by atoms with van der Waals surface area (Å²) in [5, 5.41) is 6.90. The number of anilines is 1. The maximum atomic E-state index is 15.0. The summed E-state index contributed by atoms with van der Waals surface area (Å²) < 4.78 is 23.8. The van der Waals surface area contributed by atoms with E-state index in [9.17, 15) is 14.0 Å². The van der Waals surface area contributed by atoms with Crippen molar-refractivity contribution < 1.29 is 13.9 Å². The monoisotopic (exact) mass is 488 g/mol. The van der Waals surface area contributed by atoms with Crippen LogP contribution in [0.4, 0.5) is 10.1 Å². The van der Waals surface area contributed by atoms with Gasteiger partial charge in [-0.05, 0) is 32.9 Å². The summed E-state index contributed by atoms with van der Waals surface area (Å²) in [5.74, 6) is -0.943. The van der Waals surface area contributed by atoms with Crippen LogP contribution in [0.1, 0.15) is 35.9 Å². The fourth-order valence-corrected chi connectivity index (χ4v) is 3.87. The van der Waals surface area contributed by atoms with Crippen LogP contribution < -0.4 is 15.7 Å². The van der Waals surface area contributed by atoms with Gasteiger partial charge < -0.3 is 10.1 Å². The van der Waals surface area contributed by atoms with Crippen LogP contribution in [0.3, 0.4) is 0 Å². The van der Waals surface area contributed by atoms with Gasteiger partial charge >= 0.3 is 5.69 Å². The molecule has 0 saturated heterocycles. The molecule has 2 N–H and O–H groups in total. The molecule has 5 rings (SSSR count). The number of aromatic amines is 1. The lowest BCUT2D eigenvalue weighted by atomic mass is 10.2. The molecule has 0 radical (unpaired) electrons. The largest absolute Gasteiger partial charge is 0.452 e. The maximum Gasteiger partial charge on any atom is 0.328 e. The summed E-state index contributed by atoms with van der Waals surface area (Å²) >= 11 is 0. The van der Waals surface area contributed by atoms with Crippen LogP contribution in [0.15, 0.2) is 60.2 Å². The quantitative estimate of drug-likeness (QED) is 0.372. The molecule has 0 aliphatic heterocycles. The molecule has 0 atom stereocenters. The number of H-pyrrole nitrogens is 1. The van der Waals surface area contributed by atoms with Crippen molar-refractivity contribution >= 4 is 22.8 Å². The average Bonchev–Trinajstić information content (AvgIpc) is 3.41. The van der Waals surface area contributed by atoms with E-state index in [2.05, 4.69) is 30.4 Å². The third-order valence-electron chi connectivity index (χ3n) is 5.54. The van der Waals surface area contributed by atoms with E-state index in [-0.39, 0.29) is 28.9 Å². The predicted octanol–water partition coefficient (Wildman–Crippen LogP) is 3.77. The number of imidazole rings is 1. The molecule has 1 amide bonds. The normalized spacial score (nSPS) is 11.2. The van der Waals surface area contributed by atoms with E-state index in [0.29, 0.717) is 28.1 Å². The first-order valence-corrected chi connectivity index (χ1v) is 11.0. The Morgan fingerprint density at radius 2 is 1.92 bits per heavy atom. The van der Waals surface area contributed by atoms with Gasteiger partial charge in [0.05, 0.1) is 29.8 Å². The number of aromatic nitrogens is 7. The smallest absolute Gasteiger partial charge is 0.328 e.